The Balaban J connectivity index is 1.56. The monoisotopic (exact) mass is 335 g/mol. The van der Waals surface area contributed by atoms with E-state index in [4.69, 9.17) is 4.74 Å². The predicted molar refractivity (Wildman–Crippen MR) is 96.7 cm³/mol. The minimum atomic E-state index is -0.0750. The van der Waals surface area contributed by atoms with Crippen molar-refractivity contribution in [2.24, 2.45) is 0 Å². The smallest absolute Gasteiger partial charge is 0.260 e. The van der Waals surface area contributed by atoms with Crippen LogP contribution in [0.5, 0.6) is 5.75 Å². The first-order valence-corrected chi connectivity index (χ1v) is 8.14. The van der Waals surface area contributed by atoms with Gasteiger partial charge >= 0.3 is 0 Å². The van der Waals surface area contributed by atoms with E-state index in [1.807, 2.05) is 67.7 Å². The molecule has 0 N–H and O–H groups in total. The molecule has 0 saturated carbocycles. The van der Waals surface area contributed by atoms with Crippen LogP contribution in [0.4, 0.5) is 0 Å². The summed E-state index contributed by atoms with van der Waals surface area (Å²) in [5.41, 5.74) is 3.06. The van der Waals surface area contributed by atoms with E-state index in [1.165, 1.54) is 0 Å². The summed E-state index contributed by atoms with van der Waals surface area (Å²) in [4.78, 5) is 13.9. The molecule has 0 aliphatic carbocycles. The quantitative estimate of drug-likeness (QED) is 0.695. The third-order valence-electron chi connectivity index (χ3n) is 3.85. The van der Waals surface area contributed by atoms with Crippen LogP contribution in [0, 0.1) is 6.92 Å². The SMILES string of the molecule is Cc1cccc(OCC(=O)N(C)Cc2cnn(-c3ccccc3)c2)c1. The van der Waals surface area contributed by atoms with Gasteiger partial charge in [0.25, 0.3) is 5.91 Å². The Kier molecular flexibility index (Phi) is 5.14. The molecule has 0 atom stereocenters. The van der Waals surface area contributed by atoms with Crippen LogP contribution in [0.3, 0.4) is 0 Å². The highest BCUT2D eigenvalue weighted by molar-refractivity contribution is 5.77. The summed E-state index contributed by atoms with van der Waals surface area (Å²) in [6, 6.07) is 17.5. The summed E-state index contributed by atoms with van der Waals surface area (Å²) in [7, 11) is 1.77. The van der Waals surface area contributed by atoms with E-state index in [1.54, 1.807) is 22.8 Å². The lowest BCUT2D eigenvalue weighted by molar-refractivity contribution is -0.132. The van der Waals surface area contributed by atoms with Crippen molar-refractivity contribution in [2.45, 2.75) is 13.5 Å². The van der Waals surface area contributed by atoms with Crippen molar-refractivity contribution in [1.82, 2.24) is 14.7 Å². The second-order valence-electron chi connectivity index (χ2n) is 5.98. The maximum Gasteiger partial charge on any atom is 0.260 e. The summed E-state index contributed by atoms with van der Waals surface area (Å²) in [6.07, 6.45) is 3.71. The van der Waals surface area contributed by atoms with E-state index in [9.17, 15) is 4.79 Å². The lowest BCUT2D eigenvalue weighted by atomic mass is 10.2. The van der Waals surface area contributed by atoms with Crippen LogP contribution in [0.15, 0.2) is 67.0 Å². The number of aryl methyl sites for hydroxylation is 1. The van der Waals surface area contributed by atoms with Crippen molar-refractivity contribution in [3.63, 3.8) is 0 Å². The summed E-state index contributed by atoms with van der Waals surface area (Å²) in [6.45, 7) is 2.50. The van der Waals surface area contributed by atoms with Crippen molar-refractivity contribution >= 4 is 5.91 Å². The molecule has 2 aromatic carbocycles. The van der Waals surface area contributed by atoms with Crippen molar-refractivity contribution in [3.05, 3.63) is 78.1 Å². The van der Waals surface area contributed by atoms with Gasteiger partial charge in [-0.25, -0.2) is 4.68 Å². The molecule has 25 heavy (non-hydrogen) atoms. The predicted octanol–water partition coefficient (Wildman–Crippen LogP) is 3.22. The van der Waals surface area contributed by atoms with Gasteiger partial charge in [0.05, 0.1) is 11.9 Å². The average Bonchev–Trinajstić information content (AvgIpc) is 3.09. The average molecular weight is 335 g/mol. The van der Waals surface area contributed by atoms with Gasteiger partial charge in [0.2, 0.25) is 0 Å². The number of amides is 1. The van der Waals surface area contributed by atoms with E-state index in [-0.39, 0.29) is 12.5 Å². The number of benzene rings is 2. The zero-order valence-electron chi connectivity index (χ0n) is 14.4. The number of likely N-dealkylation sites (N-methyl/N-ethyl adjacent to an activating group) is 1. The van der Waals surface area contributed by atoms with Crippen LogP contribution in [0.1, 0.15) is 11.1 Å². The topological polar surface area (TPSA) is 47.4 Å². The Morgan fingerprint density at radius 2 is 1.96 bits per heavy atom. The second-order valence-corrected chi connectivity index (χ2v) is 5.98. The molecule has 1 aromatic heterocycles. The molecule has 0 aliphatic rings. The van der Waals surface area contributed by atoms with Crippen LogP contribution in [0.2, 0.25) is 0 Å². The number of para-hydroxylation sites is 1. The van der Waals surface area contributed by atoms with Crippen LogP contribution in [0.25, 0.3) is 5.69 Å². The molecule has 5 nitrogen and oxygen atoms in total. The third kappa shape index (κ3) is 4.47. The van der Waals surface area contributed by atoms with Gasteiger partial charge in [-0.1, -0.05) is 30.3 Å². The number of rotatable bonds is 6. The van der Waals surface area contributed by atoms with Crippen LogP contribution < -0.4 is 4.74 Å². The number of hydrogen-bond acceptors (Lipinski definition) is 3. The van der Waals surface area contributed by atoms with Crippen molar-refractivity contribution in [1.29, 1.82) is 0 Å². The zero-order valence-corrected chi connectivity index (χ0v) is 14.4. The normalized spacial score (nSPS) is 10.5. The second kappa shape index (κ2) is 7.66. The molecule has 1 heterocycles. The first kappa shape index (κ1) is 16.8. The fourth-order valence-corrected chi connectivity index (χ4v) is 2.49. The largest absolute Gasteiger partial charge is 0.484 e. The molecule has 0 bridgehead atoms. The Morgan fingerprint density at radius 3 is 2.72 bits per heavy atom. The summed E-state index contributed by atoms with van der Waals surface area (Å²) in [5, 5.41) is 4.35. The molecule has 0 saturated heterocycles. The zero-order chi connectivity index (χ0) is 17.6. The Labute approximate surface area is 147 Å². The first-order chi connectivity index (χ1) is 12.1. The van der Waals surface area contributed by atoms with Gasteiger partial charge in [-0.05, 0) is 36.8 Å². The Morgan fingerprint density at radius 1 is 1.16 bits per heavy atom. The molecule has 0 spiro atoms. The van der Waals surface area contributed by atoms with Crippen molar-refractivity contribution in [2.75, 3.05) is 13.7 Å². The van der Waals surface area contributed by atoms with Gasteiger partial charge in [-0.3, -0.25) is 4.79 Å². The fourth-order valence-electron chi connectivity index (χ4n) is 2.49. The van der Waals surface area contributed by atoms with Gasteiger partial charge in [0, 0.05) is 25.4 Å². The lowest BCUT2D eigenvalue weighted by Gasteiger charge is -2.16. The molecule has 3 rings (SSSR count). The van der Waals surface area contributed by atoms with Gasteiger partial charge in [0.15, 0.2) is 6.61 Å². The Hall–Kier alpha value is -3.08. The number of carbonyl (C=O) groups excluding carboxylic acids is 1. The highest BCUT2D eigenvalue weighted by atomic mass is 16.5. The summed E-state index contributed by atoms with van der Waals surface area (Å²) >= 11 is 0. The maximum absolute atomic E-state index is 12.3. The van der Waals surface area contributed by atoms with Gasteiger partial charge in [-0.2, -0.15) is 5.10 Å². The lowest BCUT2D eigenvalue weighted by Crippen LogP contribution is -2.30. The van der Waals surface area contributed by atoms with E-state index in [2.05, 4.69) is 5.10 Å². The molecular formula is C20H21N3O2. The maximum atomic E-state index is 12.3. The number of aromatic nitrogens is 2. The standard InChI is InChI=1S/C20H21N3O2/c1-16-7-6-10-19(11-16)25-15-20(24)22(2)13-17-12-21-23(14-17)18-8-4-3-5-9-18/h3-12,14H,13,15H2,1-2H3. The number of hydrogen-bond donors (Lipinski definition) is 0. The molecule has 5 heteroatoms. The minimum absolute atomic E-state index is 0.0206. The van der Waals surface area contributed by atoms with Crippen LogP contribution in [-0.2, 0) is 11.3 Å². The fraction of sp³-hybridized carbons (Fsp3) is 0.200. The number of carbonyl (C=O) groups is 1. The highest BCUT2D eigenvalue weighted by Gasteiger charge is 2.12. The summed E-state index contributed by atoms with van der Waals surface area (Å²) < 4.78 is 7.37. The number of ether oxygens (including phenoxy) is 1. The van der Waals surface area contributed by atoms with Crippen LogP contribution in [-0.4, -0.2) is 34.2 Å². The van der Waals surface area contributed by atoms with Gasteiger partial charge in [-0.15, -0.1) is 0 Å². The molecule has 0 unspecified atom stereocenters. The summed E-state index contributed by atoms with van der Waals surface area (Å²) in [5.74, 6) is 0.632. The minimum Gasteiger partial charge on any atom is -0.484 e. The molecule has 128 valence electrons. The molecular weight excluding hydrogens is 314 g/mol. The first-order valence-electron chi connectivity index (χ1n) is 8.14. The third-order valence-corrected chi connectivity index (χ3v) is 3.85. The Bertz CT molecular complexity index is 843. The highest BCUT2D eigenvalue weighted by Crippen LogP contribution is 2.13. The number of nitrogens with zero attached hydrogens (tertiary/aromatic N) is 3. The van der Waals surface area contributed by atoms with E-state index in [0.29, 0.717) is 12.3 Å². The van der Waals surface area contributed by atoms with Crippen molar-refractivity contribution < 1.29 is 9.53 Å². The molecule has 0 radical (unpaired) electrons. The van der Waals surface area contributed by atoms with Gasteiger partial charge in [0.1, 0.15) is 5.75 Å². The molecule has 0 aliphatic heterocycles. The molecule has 0 fully saturated rings. The van der Waals surface area contributed by atoms with E-state index >= 15 is 0 Å². The van der Waals surface area contributed by atoms with Gasteiger partial charge < -0.3 is 9.64 Å². The van der Waals surface area contributed by atoms with E-state index in [0.717, 1.165) is 16.8 Å². The van der Waals surface area contributed by atoms with Crippen LogP contribution >= 0.6 is 0 Å². The molecule has 3 aromatic rings. The molecule has 1 amide bonds. The van der Waals surface area contributed by atoms with Crippen molar-refractivity contribution in [3.8, 4) is 11.4 Å². The van der Waals surface area contributed by atoms with E-state index < -0.39 is 0 Å².